The molecule has 180 valence electrons. The van der Waals surface area contributed by atoms with Gasteiger partial charge in [0.2, 0.25) is 0 Å². The molecule has 0 aliphatic heterocycles. The zero-order valence-electron chi connectivity index (χ0n) is 20.8. The van der Waals surface area contributed by atoms with Crippen LogP contribution in [-0.2, 0) is 0 Å². The van der Waals surface area contributed by atoms with Crippen molar-refractivity contribution in [2.75, 3.05) is 0 Å². The fourth-order valence-corrected chi connectivity index (χ4v) is 5.97. The molecule has 0 heterocycles. The number of hydrogen-bond donors (Lipinski definition) is 3. The fourth-order valence-electron chi connectivity index (χ4n) is 5.97. The number of rotatable bonds is 2. The summed E-state index contributed by atoms with van der Waals surface area (Å²) in [6, 6.07) is 35.0. The van der Waals surface area contributed by atoms with Gasteiger partial charge >= 0.3 is 0 Å². The van der Waals surface area contributed by atoms with Gasteiger partial charge in [0.25, 0.3) is 0 Å². The van der Waals surface area contributed by atoms with E-state index >= 15 is 0 Å². The number of fused-ring (bicyclic) bond motifs is 5. The van der Waals surface area contributed by atoms with Gasteiger partial charge in [-0.15, -0.1) is 0 Å². The Balaban J connectivity index is 1.72. The molecule has 0 spiro atoms. The second-order valence-corrected chi connectivity index (χ2v) is 9.78. The molecule has 0 aromatic heterocycles. The molecule has 5 heteroatoms. The standard InChI is InChI=1S/C34H20B2O3/c35-30-29(31(36)33(38)34(39)32(30)37)28-24-15-7-5-13-22(24)27(23-14-6-8-16-25(23)28)26-17-18-9-1-2-10-19(18)20-11-3-4-12-21(20)26/h1-17,37-39H. The van der Waals surface area contributed by atoms with E-state index in [-0.39, 0.29) is 16.5 Å². The summed E-state index contributed by atoms with van der Waals surface area (Å²) >= 11 is 0. The number of phenolic OH excluding ortho intramolecular Hbond substituents is 3. The predicted molar refractivity (Wildman–Crippen MR) is 163 cm³/mol. The van der Waals surface area contributed by atoms with Crippen molar-refractivity contribution in [3.8, 4) is 39.5 Å². The molecule has 4 radical (unpaired) electrons. The Kier molecular flexibility index (Phi) is 5.11. The summed E-state index contributed by atoms with van der Waals surface area (Å²) in [5, 5.41) is 39.6. The summed E-state index contributed by atoms with van der Waals surface area (Å²) in [5.74, 6) is -1.94. The van der Waals surface area contributed by atoms with E-state index in [2.05, 4.69) is 66.7 Å². The number of aromatic hydroxyl groups is 3. The maximum atomic E-state index is 10.6. The van der Waals surface area contributed by atoms with Crippen molar-refractivity contribution >= 4 is 69.7 Å². The van der Waals surface area contributed by atoms with Gasteiger partial charge in [-0.05, 0) is 82.3 Å². The summed E-state index contributed by atoms with van der Waals surface area (Å²) in [4.78, 5) is 0. The van der Waals surface area contributed by atoms with Crippen LogP contribution in [-0.4, -0.2) is 31.0 Å². The first-order valence-corrected chi connectivity index (χ1v) is 12.6. The van der Waals surface area contributed by atoms with Crippen LogP contribution in [0.2, 0.25) is 0 Å². The van der Waals surface area contributed by atoms with Crippen LogP contribution >= 0.6 is 0 Å². The highest BCUT2D eigenvalue weighted by Crippen LogP contribution is 2.47. The summed E-state index contributed by atoms with van der Waals surface area (Å²) in [7, 11) is 12.7. The molecule has 3 N–H and O–H groups in total. The summed E-state index contributed by atoms with van der Waals surface area (Å²) in [6.07, 6.45) is 0. The van der Waals surface area contributed by atoms with Crippen LogP contribution < -0.4 is 10.9 Å². The highest BCUT2D eigenvalue weighted by Gasteiger charge is 2.24. The first-order valence-electron chi connectivity index (χ1n) is 12.6. The van der Waals surface area contributed by atoms with Crippen molar-refractivity contribution in [2.24, 2.45) is 0 Å². The Morgan fingerprint density at radius 1 is 0.385 bits per heavy atom. The highest BCUT2D eigenvalue weighted by molar-refractivity contribution is 6.48. The average molecular weight is 498 g/mol. The molecule has 7 rings (SSSR count). The van der Waals surface area contributed by atoms with Gasteiger partial charge in [-0.3, -0.25) is 0 Å². The minimum Gasteiger partial charge on any atom is -0.505 e. The zero-order valence-corrected chi connectivity index (χ0v) is 20.8. The quantitative estimate of drug-likeness (QED) is 0.113. The SMILES string of the molecule is [B]c1c(O)c(O)c(O)c([B])c1-c1c2ccccc2c(-c2cc3ccccc3c3ccccc23)c2ccccc12. The molecular formula is C34H20B2O3. The molecule has 7 aromatic rings. The van der Waals surface area contributed by atoms with Crippen LogP contribution in [0.3, 0.4) is 0 Å². The van der Waals surface area contributed by atoms with E-state index in [0.29, 0.717) is 5.56 Å². The topological polar surface area (TPSA) is 60.7 Å². The fraction of sp³-hybridized carbons (Fsp3) is 0. The molecule has 0 unspecified atom stereocenters. The molecule has 39 heavy (non-hydrogen) atoms. The van der Waals surface area contributed by atoms with Crippen LogP contribution in [0, 0.1) is 0 Å². The molecule has 0 fully saturated rings. The molecular weight excluding hydrogens is 478 g/mol. The summed E-state index contributed by atoms with van der Waals surface area (Å²) in [5.41, 5.74) is 2.93. The van der Waals surface area contributed by atoms with Gasteiger partial charge in [-0.1, -0.05) is 97.1 Å². The molecule has 0 aliphatic rings. The third-order valence-electron chi connectivity index (χ3n) is 7.72. The summed E-state index contributed by atoms with van der Waals surface area (Å²) < 4.78 is 0. The number of hydrogen-bond acceptors (Lipinski definition) is 3. The average Bonchev–Trinajstić information content (AvgIpc) is 2.98. The molecule has 3 nitrogen and oxygen atoms in total. The smallest absolute Gasteiger partial charge is 0.199 e. The summed E-state index contributed by atoms with van der Waals surface area (Å²) in [6.45, 7) is 0. The Morgan fingerprint density at radius 2 is 0.795 bits per heavy atom. The van der Waals surface area contributed by atoms with Crippen molar-refractivity contribution in [1.82, 2.24) is 0 Å². The highest BCUT2D eigenvalue weighted by atomic mass is 16.3. The van der Waals surface area contributed by atoms with Crippen molar-refractivity contribution in [1.29, 1.82) is 0 Å². The van der Waals surface area contributed by atoms with Gasteiger partial charge in [0.15, 0.2) is 17.2 Å². The van der Waals surface area contributed by atoms with Gasteiger partial charge in [-0.2, -0.15) is 0 Å². The third-order valence-corrected chi connectivity index (χ3v) is 7.72. The van der Waals surface area contributed by atoms with Crippen LogP contribution in [0.15, 0.2) is 103 Å². The van der Waals surface area contributed by atoms with Gasteiger partial charge in [-0.25, -0.2) is 0 Å². The number of benzene rings is 7. The Hall–Kier alpha value is -4.89. The van der Waals surface area contributed by atoms with E-state index in [1.165, 1.54) is 10.8 Å². The Morgan fingerprint density at radius 3 is 1.33 bits per heavy atom. The maximum Gasteiger partial charge on any atom is 0.199 e. The largest absolute Gasteiger partial charge is 0.505 e. The van der Waals surface area contributed by atoms with Crippen LogP contribution in [0.1, 0.15) is 0 Å². The van der Waals surface area contributed by atoms with Crippen LogP contribution in [0.25, 0.3) is 65.3 Å². The van der Waals surface area contributed by atoms with Crippen molar-refractivity contribution < 1.29 is 15.3 Å². The van der Waals surface area contributed by atoms with Crippen LogP contribution in [0.4, 0.5) is 0 Å². The van der Waals surface area contributed by atoms with E-state index in [4.69, 9.17) is 15.7 Å². The normalized spacial score (nSPS) is 11.6. The van der Waals surface area contributed by atoms with E-state index in [1.807, 2.05) is 36.4 Å². The third kappa shape index (κ3) is 3.26. The van der Waals surface area contributed by atoms with Crippen molar-refractivity contribution in [2.45, 2.75) is 0 Å². The second kappa shape index (κ2) is 8.57. The molecule has 0 bridgehead atoms. The molecule has 0 saturated carbocycles. The predicted octanol–water partition coefficient (Wildman–Crippen LogP) is 6.34. The van der Waals surface area contributed by atoms with Crippen molar-refractivity contribution in [3.63, 3.8) is 0 Å². The molecule has 0 saturated heterocycles. The first kappa shape index (κ1) is 23.2. The molecule has 0 amide bonds. The molecule has 0 atom stereocenters. The minimum atomic E-state index is -0.735. The Bertz CT molecular complexity index is 2050. The monoisotopic (exact) mass is 498 g/mol. The number of phenols is 3. The van der Waals surface area contributed by atoms with Crippen molar-refractivity contribution in [3.05, 3.63) is 103 Å². The van der Waals surface area contributed by atoms with Gasteiger partial charge in [0.05, 0.1) is 0 Å². The second-order valence-electron chi connectivity index (χ2n) is 9.78. The lowest BCUT2D eigenvalue weighted by Gasteiger charge is -2.23. The molecule has 0 aliphatic carbocycles. The minimum absolute atomic E-state index is 0.0954. The first-order chi connectivity index (χ1) is 19.0. The van der Waals surface area contributed by atoms with Crippen LogP contribution in [0.5, 0.6) is 17.2 Å². The van der Waals surface area contributed by atoms with Gasteiger partial charge in [0, 0.05) is 0 Å². The van der Waals surface area contributed by atoms with E-state index in [0.717, 1.165) is 43.4 Å². The van der Waals surface area contributed by atoms with E-state index in [1.54, 1.807) is 0 Å². The van der Waals surface area contributed by atoms with E-state index in [9.17, 15) is 15.3 Å². The zero-order chi connectivity index (χ0) is 26.8. The maximum absolute atomic E-state index is 10.6. The lowest BCUT2D eigenvalue weighted by molar-refractivity contribution is 0.372. The lowest BCUT2D eigenvalue weighted by Crippen LogP contribution is -2.21. The van der Waals surface area contributed by atoms with Gasteiger partial charge < -0.3 is 15.3 Å². The molecule has 7 aromatic carbocycles. The lowest BCUT2D eigenvalue weighted by atomic mass is 9.73. The van der Waals surface area contributed by atoms with Gasteiger partial charge in [0.1, 0.15) is 15.7 Å². The van der Waals surface area contributed by atoms with E-state index < -0.39 is 17.2 Å². The Labute approximate surface area is 227 Å².